The first-order chi connectivity index (χ1) is 17.6. The monoisotopic (exact) mass is 526 g/mol. The molecule has 1 aliphatic rings. The average Bonchev–Trinajstić information content (AvgIpc) is 3.29. The number of ether oxygens (including phenoxy) is 1. The van der Waals surface area contributed by atoms with Gasteiger partial charge in [0.25, 0.3) is 0 Å². The van der Waals surface area contributed by atoms with Gasteiger partial charge in [-0.3, -0.25) is 4.79 Å². The Morgan fingerprint density at radius 2 is 1.86 bits per heavy atom. The highest BCUT2D eigenvalue weighted by atomic mass is 32.2. The number of phenolic OH excluding ortho intramolecular Hbond substituents is 1. The summed E-state index contributed by atoms with van der Waals surface area (Å²) >= 11 is 0. The molecular formula is C27H34N4O5S. The van der Waals surface area contributed by atoms with Crippen LogP contribution in [0, 0.1) is 13.8 Å². The van der Waals surface area contributed by atoms with E-state index < -0.39 is 10.0 Å². The highest BCUT2D eigenvalue weighted by Gasteiger charge is 2.25. The van der Waals surface area contributed by atoms with Crippen molar-refractivity contribution in [2.24, 2.45) is 0 Å². The zero-order chi connectivity index (χ0) is 26.6. The third kappa shape index (κ3) is 6.38. The maximum atomic E-state index is 12.9. The lowest BCUT2D eigenvalue weighted by atomic mass is 10.1. The van der Waals surface area contributed by atoms with E-state index in [4.69, 9.17) is 9.72 Å². The highest BCUT2D eigenvalue weighted by Crippen LogP contribution is 2.27. The number of nitrogens with zero attached hydrogens (tertiary/aromatic N) is 3. The number of hydrogen-bond acceptors (Lipinski definition) is 6. The number of amides is 1. The van der Waals surface area contributed by atoms with Crippen molar-refractivity contribution < 1.29 is 23.1 Å². The first-order valence-corrected chi connectivity index (χ1v) is 13.9. The Bertz CT molecular complexity index is 1320. The van der Waals surface area contributed by atoms with Crippen molar-refractivity contribution in [1.82, 2.24) is 19.2 Å². The number of imidazole rings is 1. The number of carbonyl (C=O) groups is 1. The van der Waals surface area contributed by atoms with Crippen molar-refractivity contribution in [3.8, 4) is 17.0 Å². The number of phenols is 1. The van der Waals surface area contributed by atoms with E-state index >= 15 is 0 Å². The number of rotatable bonds is 10. The minimum absolute atomic E-state index is 0.0263. The van der Waals surface area contributed by atoms with Gasteiger partial charge in [0.15, 0.2) is 0 Å². The predicted octanol–water partition coefficient (Wildman–Crippen LogP) is 3.16. The molecule has 1 amide bonds. The largest absolute Gasteiger partial charge is 0.508 e. The van der Waals surface area contributed by atoms with Crippen molar-refractivity contribution in [3.63, 3.8) is 0 Å². The Morgan fingerprint density at radius 3 is 2.54 bits per heavy atom. The fourth-order valence-electron chi connectivity index (χ4n) is 4.57. The van der Waals surface area contributed by atoms with Gasteiger partial charge in [-0.25, -0.2) is 13.4 Å². The molecule has 4 rings (SSSR count). The minimum Gasteiger partial charge on any atom is -0.508 e. The predicted molar refractivity (Wildman–Crippen MR) is 141 cm³/mol. The Balaban J connectivity index is 1.21. The molecule has 0 spiro atoms. The second-order valence-electron chi connectivity index (χ2n) is 9.45. The lowest BCUT2D eigenvalue weighted by Gasteiger charge is -2.20. The number of likely N-dealkylation sites (N-methyl/N-ethyl adjacent to an activating group) is 1. The molecule has 198 valence electrons. The molecule has 0 bridgehead atoms. The van der Waals surface area contributed by atoms with Crippen molar-refractivity contribution in [3.05, 3.63) is 65.1 Å². The zero-order valence-corrected chi connectivity index (χ0v) is 22.3. The summed E-state index contributed by atoms with van der Waals surface area (Å²) in [7, 11) is -2.29. The van der Waals surface area contributed by atoms with Crippen molar-refractivity contribution >= 4 is 15.9 Å². The maximum absolute atomic E-state index is 12.9. The summed E-state index contributed by atoms with van der Waals surface area (Å²) in [5.74, 6) is 0.895. The first kappa shape index (κ1) is 26.8. The molecule has 0 saturated heterocycles. The summed E-state index contributed by atoms with van der Waals surface area (Å²) in [4.78, 5) is 17.1. The number of nitrogens with one attached hydrogen (secondary N) is 1. The number of aromatic nitrogens is 2. The third-order valence-electron chi connectivity index (χ3n) is 6.54. The number of aryl methyl sites for hydroxylation is 4. The van der Waals surface area contributed by atoms with E-state index in [9.17, 15) is 18.3 Å². The Labute approximate surface area is 218 Å². The SMILES string of the molecule is Cc1cc(O)cc(C)c1S(=O)(=O)N(C)CCOCC(=O)NCc1ccc(-c2cn3c(n2)CCCC3)cc1. The van der Waals surface area contributed by atoms with Gasteiger partial charge in [-0.15, -0.1) is 0 Å². The van der Waals surface area contributed by atoms with Crippen LogP contribution >= 0.6 is 0 Å². The van der Waals surface area contributed by atoms with Gasteiger partial charge in [-0.05, 0) is 55.5 Å². The van der Waals surface area contributed by atoms with Crippen LogP contribution in [0.2, 0.25) is 0 Å². The summed E-state index contributed by atoms with van der Waals surface area (Å²) in [6, 6.07) is 10.8. The molecule has 1 aliphatic heterocycles. The van der Waals surface area contributed by atoms with Gasteiger partial charge in [0.1, 0.15) is 18.2 Å². The first-order valence-electron chi connectivity index (χ1n) is 12.4. The maximum Gasteiger partial charge on any atom is 0.246 e. The molecule has 0 fully saturated rings. The average molecular weight is 527 g/mol. The molecule has 0 aliphatic carbocycles. The van der Waals surface area contributed by atoms with Gasteiger partial charge in [0.2, 0.25) is 15.9 Å². The second-order valence-corrected chi connectivity index (χ2v) is 11.4. The lowest BCUT2D eigenvalue weighted by Crippen LogP contribution is -2.33. The Morgan fingerprint density at radius 1 is 1.16 bits per heavy atom. The molecular weight excluding hydrogens is 492 g/mol. The Kier molecular flexibility index (Phi) is 8.31. The van der Waals surface area contributed by atoms with Crippen LogP contribution in [0.25, 0.3) is 11.3 Å². The topological polar surface area (TPSA) is 114 Å². The molecule has 10 heteroatoms. The van der Waals surface area contributed by atoms with E-state index in [1.165, 1.54) is 36.3 Å². The fraction of sp³-hybridized carbons (Fsp3) is 0.407. The van der Waals surface area contributed by atoms with Crippen LogP contribution in [0.4, 0.5) is 0 Å². The molecule has 0 atom stereocenters. The minimum atomic E-state index is -3.75. The fourth-order valence-corrected chi connectivity index (χ4v) is 6.12. The van der Waals surface area contributed by atoms with Crippen LogP contribution in [0.5, 0.6) is 5.75 Å². The van der Waals surface area contributed by atoms with E-state index in [0.29, 0.717) is 17.7 Å². The number of sulfonamides is 1. The van der Waals surface area contributed by atoms with E-state index in [-0.39, 0.29) is 36.3 Å². The van der Waals surface area contributed by atoms with Gasteiger partial charge in [-0.2, -0.15) is 4.31 Å². The van der Waals surface area contributed by atoms with Gasteiger partial charge >= 0.3 is 0 Å². The number of benzene rings is 2. The van der Waals surface area contributed by atoms with E-state index in [1.54, 1.807) is 13.8 Å². The third-order valence-corrected chi connectivity index (χ3v) is 8.71. The molecule has 2 aromatic carbocycles. The normalized spacial score (nSPS) is 13.5. The van der Waals surface area contributed by atoms with Crippen molar-refractivity contribution in [2.45, 2.75) is 51.1 Å². The molecule has 2 N–H and O–H groups in total. The summed E-state index contributed by atoms with van der Waals surface area (Å²) in [6.07, 6.45) is 5.52. The van der Waals surface area contributed by atoms with Crippen LogP contribution in [0.1, 0.15) is 35.4 Å². The van der Waals surface area contributed by atoms with Crippen LogP contribution in [-0.4, -0.2) is 60.1 Å². The molecule has 2 heterocycles. The summed E-state index contributed by atoms with van der Waals surface area (Å²) in [5, 5.41) is 12.5. The van der Waals surface area contributed by atoms with Gasteiger partial charge in [0.05, 0.1) is 17.2 Å². The molecule has 1 aromatic heterocycles. The number of hydrogen-bond donors (Lipinski definition) is 2. The molecule has 37 heavy (non-hydrogen) atoms. The molecule has 9 nitrogen and oxygen atoms in total. The second kappa shape index (κ2) is 11.5. The standard InChI is InChI=1S/C27H34N4O5S/c1-19-14-23(32)15-20(2)27(19)37(34,35)30(3)12-13-36-18-26(33)28-16-21-7-9-22(10-8-21)24-17-31-11-5-4-6-25(31)29-24/h7-10,14-15,17,32H,4-6,11-13,16,18H2,1-3H3,(H,28,33). The molecule has 0 unspecified atom stereocenters. The van der Waals surface area contributed by atoms with Gasteiger partial charge < -0.3 is 19.7 Å². The van der Waals surface area contributed by atoms with Crippen LogP contribution < -0.4 is 5.32 Å². The molecule has 0 radical (unpaired) electrons. The van der Waals surface area contributed by atoms with E-state index in [2.05, 4.69) is 16.1 Å². The van der Waals surface area contributed by atoms with Gasteiger partial charge in [-0.1, -0.05) is 24.3 Å². The van der Waals surface area contributed by atoms with Crippen molar-refractivity contribution in [2.75, 3.05) is 26.8 Å². The quantitative estimate of drug-likeness (QED) is 0.393. The van der Waals surface area contributed by atoms with Crippen LogP contribution in [0.15, 0.2) is 47.5 Å². The summed E-state index contributed by atoms with van der Waals surface area (Å²) < 4.78 is 34.7. The van der Waals surface area contributed by atoms with Gasteiger partial charge in [0, 0.05) is 44.9 Å². The van der Waals surface area contributed by atoms with E-state index in [0.717, 1.165) is 35.6 Å². The summed E-state index contributed by atoms with van der Waals surface area (Å²) in [6.45, 7) is 4.69. The van der Waals surface area contributed by atoms with Crippen LogP contribution in [0.3, 0.4) is 0 Å². The zero-order valence-electron chi connectivity index (χ0n) is 21.5. The number of aromatic hydroxyl groups is 1. The van der Waals surface area contributed by atoms with E-state index in [1.807, 2.05) is 24.3 Å². The lowest BCUT2D eigenvalue weighted by molar-refractivity contribution is -0.125. The smallest absolute Gasteiger partial charge is 0.246 e. The highest BCUT2D eigenvalue weighted by molar-refractivity contribution is 7.89. The Hall–Kier alpha value is -3.21. The molecule has 0 saturated carbocycles. The van der Waals surface area contributed by atoms with Crippen molar-refractivity contribution in [1.29, 1.82) is 0 Å². The number of fused-ring (bicyclic) bond motifs is 1. The number of carbonyl (C=O) groups excluding carboxylic acids is 1. The summed E-state index contributed by atoms with van der Waals surface area (Å²) in [5.41, 5.74) is 3.94. The molecule has 3 aromatic rings. The van der Waals surface area contributed by atoms with Crippen LogP contribution in [-0.2, 0) is 39.1 Å².